The second kappa shape index (κ2) is 7.21. The van der Waals surface area contributed by atoms with Crippen LogP contribution in [0.15, 0.2) is 18.2 Å². The second-order valence-corrected chi connectivity index (χ2v) is 4.97. The van der Waals surface area contributed by atoms with Crippen molar-refractivity contribution in [2.75, 3.05) is 20.2 Å². The van der Waals surface area contributed by atoms with Crippen molar-refractivity contribution < 1.29 is 14.5 Å². The molecular weight excluding hydrogens is 284 g/mol. The maximum absolute atomic E-state index is 12.1. The Kier molecular flexibility index (Phi) is 5.91. The molecule has 0 bridgehead atoms. The van der Waals surface area contributed by atoms with E-state index < -0.39 is 4.92 Å². The van der Waals surface area contributed by atoms with Crippen LogP contribution in [0, 0.1) is 10.1 Å². The normalized spacial score (nSPS) is 10.7. The van der Waals surface area contributed by atoms with Crippen LogP contribution in [0.2, 0.25) is 5.02 Å². The van der Waals surface area contributed by atoms with E-state index in [9.17, 15) is 14.9 Å². The van der Waals surface area contributed by atoms with Gasteiger partial charge in [-0.25, -0.2) is 0 Å². The van der Waals surface area contributed by atoms with Crippen LogP contribution < -0.4 is 0 Å². The van der Waals surface area contributed by atoms with Crippen LogP contribution >= 0.6 is 11.6 Å². The Bertz CT molecular complexity index is 505. The zero-order valence-electron chi connectivity index (χ0n) is 11.6. The monoisotopic (exact) mass is 300 g/mol. The third-order valence-corrected chi connectivity index (χ3v) is 2.93. The number of likely N-dealkylation sites (N-methyl/N-ethyl adjacent to an activating group) is 1. The zero-order chi connectivity index (χ0) is 15.3. The van der Waals surface area contributed by atoms with Crippen LogP contribution in [-0.4, -0.2) is 42.0 Å². The highest BCUT2D eigenvalue weighted by molar-refractivity contribution is 6.34. The van der Waals surface area contributed by atoms with Gasteiger partial charge in [0.05, 0.1) is 28.2 Å². The van der Waals surface area contributed by atoms with Gasteiger partial charge in [0.25, 0.3) is 11.6 Å². The minimum atomic E-state index is -0.555. The van der Waals surface area contributed by atoms with Gasteiger partial charge < -0.3 is 9.64 Å². The molecule has 0 aliphatic rings. The van der Waals surface area contributed by atoms with Crippen LogP contribution in [0.4, 0.5) is 5.69 Å². The van der Waals surface area contributed by atoms with Crippen molar-refractivity contribution in [3.8, 4) is 0 Å². The summed E-state index contributed by atoms with van der Waals surface area (Å²) in [5.41, 5.74) is 0.0988. The van der Waals surface area contributed by atoms with E-state index in [1.54, 1.807) is 7.05 Å². The molecule has 1 aromatic rings. The molecule has 7 heteroatoms. The highest BCUT2D eigenvalue weighted by atomic mass is 35.5. The average Bonchev–Trinajstić information content (AvgIpc) is 2.37. The van der Waals surface area contributed by atoms with Gasteiger partial charge in [-0.2, -0.15) is 0 Å². The number of hydrogen-bond acceptors (Lipinski definition) is 4. The number of hydrogen-bond donors (Lipinski definition) is 0. The number of rotatable bonds is 6. The first-order chi connectivity index (χ1) is 9.32. The summed E-state index contributed by atoms with van der Waals surface area (Å²) in [5.74, 6) is -0.294. The van der Waals surface area contributed by atoms with Crippen LogP contribution in [0.25, 0.3) is 0 Å². The molecule has 0 atom stereocenters. The summed E-state index contributed by atoms with van der Waals surface area (Å²) in [4.78, 5) is 23.7. The lowest BCUT2D eigenvalue weighted by Crippen LogP contribution is -2.31. The molecule has 1 rings (SSSR count). The third kappa shape index (κ3) is 4.47. The summed E-state index contributed by atoms with van der Waals surface area (Å²) in [7, 11) is 1.63. The zero-order valence-corrected chi connectivity index (χ0v) is 12.4. The molecule has 0 radical (unpaired) electrons. The number of benzene rings is 1. The van der Waals surface area contributed by atoms with Gasteiger partial charge in [0.15, 0.2) is 0 Å². The summed E-state index contributed by atoms with van der Waals surface area (Å²) in [6.07, 6.45) is 0.0986. The van der Waals surface area contributed by atoms with Crippen molar-refractivity contribution in [3.63, 3.8) is 0 Å². The molecule has 0 aliphatic carbocycles. The fourth-order valence-electron chi connectivity index (χ4n) is 1.52. The summed E-state index contributed by atoms with van der Waals surface area (Å²) in [5, 5.41) is 10.7. The molecular formula is C13H17ClN2O4. The summed E-state index contributed by atoms with van der Waals surface area (Å²) in [6.45, 7) is 4.67. The van der Waals surface area contributed by atoms with E-state index >= 15 is 0 Å². The van der Waals surface area contributed by atoms with E-state index in [4.69, 9.17) is 16.3 Å². The Labute approximate surface area is 122 Å². The number of nitrogens with zero attached hydrogens (tertiary/aromatic N) is 2. The summed E-state index contributed by atoms with van der Waals surface area (Å²) >= 11 is 5.91. The molecule has 20 heavy (non-hydrogen) atoms. The van der Waals surface area contributed by atoms with Crippen molar-refractivity contribution in [3.05, 3.63) is 38.9 Å². The molecule has 0 aromatic heterocycles. The fourth-order valence-corrected chi connectivity index (χ4v) is 1.78. The molecule has 1 amide bonds. The first kappa shape index (κ1) is 16.4. The number of amides is 1. The van der Waals surface area contributed by atoms with E-state index in [-0.39, 0.29) is 28.3 Å². The number of nitro benzene ring substituents is 1. The molecule has 0 spiro atoms. The van der Waals surface area contributed by atoms with E-state index in [1.165, 1.54) is 23.1 Å². The molecule has 6 nitrogen and oxygen atoms in total. The number of carbonyl (C=O) groups excluding carboxylic acids is 1. The lowest BCUT2D eigenvalue weighted by atomic mass is 10.2. The smallest absolute Gasteiger partial charge is 0.270 e. The van der Waals surface area contributed by atoms with Gasteiger partial charge in [0.1, 0.15) is 0 Å². The molecule has 0 heterocycles. The van der Waals surface area contributed by atoms with Crippen molar-refractivity contribution >= 4 is 23.2 Å². The number of nitro groups is 1. The Morgan fingerprint density at radius 2 is 2.15 bits per heavy atom. The molecule has 0 saturated heterocycles. The maximum Gasteiger partial charge on any atom is 0.270 e. The van der Waals surface area contributed by atoms with Crippen LogP contribution in [-0.2, 0) is 4.74 Å². The molecule has 1 aromatic carbocycles. The number of halogens is 1. The highest BCUT2D eigenvalue weighted by Gasteiger charge is 2.18. The molecule has 0 saturated carbocycles. The first-order valence-corrected chi connectivity index (χ1v) is 6.51. The number of non-ortho nitro benzene ring substituents is 1. The summed E-state index contributed by atoms with van der Waals surface area (Å²) < 4.78 is 5.36. The maximum atomic E-state index is 12.1. The molecule has 110 valence electrons. The second-order valence-electron chi connectivity index (χ2n) is 4.57. The molecule has 0 fully saturated rings. The Morgan fingerprint density at radius 3 is 2.65 bits per heavy atom. The lowest BCUT2D eigenvalue weighted by Gasteiger charge is -2.18. The van der Waals surface area contributed by atoms with Crippen LogP contribution in [0.1, 0.15) is 24.2 Å². The number of carbonyl (C=O) groups is 1. The van der Waals surface area contributed by atoms with Gasteiger partial charge in [0, 0.05) is 25.7 Å². The fraction of sp³-hybridized carbons (Fsp3) is 0.462. The third-order valence-electron chi connectivity index (χ3n) is 2.62. The largest absolute Gasteiger partial charge is 0.377 e. The van der Waals surface area contributed by atoms with Crippen molar-refractivity contribution in [2.24, 2.45) is 0 Å². The van der Waals surface area contributed by atoms with Gasteiger partial charge in [0.2, 0.25) is 0 Å². The van der Waals surface area contributed by atoms with E-state index in [2.05, 4.69) is 0 Å². The quantitative estimate of drug-likeness (QED) is 0.598. The van der Waals surface area contributed by atoms with Gasteiger partial charge >= 0.3 is 0 Å². The van der Waals surface area contributed by atoms with Crippen molar-refractivity contribution in [1.29, 1.82) is 0 Å². The minimum absolute atomic E-state index is 0.0702. The van der Waals surface area contributed by atoms with E-state index in [1.807, 2.05) is 13.8 Å². The lowest BCUT2D eigenvalue weighted by molar-refractivity contribution is -0.384. The van der Waals surface area contributed by atoms with Crippen LogP contribution in [0.5, 0.6) is 0 Å². The molecule has 0 N–H and O–H groups in total. The highest BCUT2D eigenvalue weighted by Crippen LogP contribution is 2.23. The predicted octanol–water partition coefficient (Wildman–Crippen LogP) is 2.75. The van der Waals surface area contributed by atoms with Crippen molar-refractivity contribution in [1.82, 2.24) is 4.90 Å². The number of ether oxygens (including phenoxy) is 1. The molecule has 0 unspecified atom stereocenters. The minimum Gasteiger partial charge on any atom is -0.377 e. The van der Waals surface area contributed by atoms with Gasteiger partial charge in [-0.15, -0.1) is 0 Å². The Hall–Kier alpha value is -1.66. The standard InChI is InChI=1S/C13H17ClN2O4/c1-9(2)20-7-6-15(3)13(17)11-5-4-10(16(18)19)8-12(11)14/h4-5,8-9H,6-7H2,1-3H3. The van der Waals surface area contributed by atoms with Gasteiger partial charge in [-0.3, -0.25) is 14.9 Å². The topological polar surface area (TPSA) is 72.7 Å². The van der Waals surface area contributed by atoms with E-state index in [0.717, 1.165) is 0 Å². The van der Waals surface area contributed by atoms with Gasteiger partial charge in [-0.05, 0) is 19.9 Å². The molecule has 0 aliphatic heterocycles. The van der Waals surface area contributed by atoms with Crippen LogP contribution in [0.3, 0.4) is 0 Å². The summed E-state index contributed by atoms with van der Waals surface area (Å²) in [6, 6.07) is 3.80. The van der Waals surface area contributed by atoms with Gasteiger partial charge in [-0.1, -0.05) is 11.6 Å². The predicted molar refractivity (Wildman–Crippen MR) is 76.2 cm³/mol. The Balaban J connectivity index is 2.74. The van der Waals surface area contributed by atoms with Crippen molar-refractivity contribution in [2.45, 2.75) is 20.0 Å². The van der Waals surface area contributed by atoms with E-state index in [0.29, 0.717) is 13.2 Å². The Morgan fingerprint density at radius 1 is 1.50 bits per heavy atom. The first-order valence-electron chi connectivity index (χ1n) is 6.14. The average molecular weight is 301 g/mol. The SMILES string of the molecule is CC(C)OCCN(C)C(=O)c1ccc([N+](=O)[O-])cc1Cl.